The molecule has 1 saturated carbocycles. The first kappa shape index (κ1) is 8.87. The number of aliphatic carboxylic acids is 1. The van der Waals surface area contributed by atoms with Crippen LogP contribution in [0.15, 0.2) is 5.11 Å². The van der Waals surface area contributed by atoms with Crippen LogP contribution in [0.3, 0.4) is 0 Å². The van der Waals surface area contributed by atoms with Crippen molar-refractivity contribution in [2.45, 2.75) is 31.7 Å². The molecule has 5 heteroatoms. The highest BCUT2D eigenvalue weighted by Gasteiger charge is 2.29. The maximum absolute atomic E-state index is 10.6. The van der Waals surface area contributed by atoms with Crippen LogP contribution in [0.1, 0.15) is 25.7 Å². The van der Waals surface area contributed by atoms with Crippen LogP contribution in [-0.4, -0.2) is 17.1 Å². The smallest absolute Gasteiger partial charge is 0.312 e. The van der Waals surface area contributed by atoms with Crippen molar-refractivity contribution in [3.63, 3.8) is 0 Å². The highest BCUT2D eigenvalue weighted by molar-refractivity contribution is 5.74. The van der Waals surface area contributed by atoms with Crippen molar-refractivity contribution in [3.05, 3.63) is 10.4 Å². The van der Waals surface area contributed by atoms with Gasteiger partial charge in [-0.25, -0.2) is 0 Å². The van der Waals surface area contributed by atoms with Gasteiger partial charge in [0.15, 0.2) is 0 Å². The van der Waals surface area contributed by atoms with Crippen molar-refractivity contribution in [2.75, 3.05) is 0 Å². The van der Waals surface area contributed by atoms with E-state index in [1.54, 1.807) is 0 Å². The molecule has 0 heterocycles. The molecule has 1 aliphatic rings. The van der Waals surface area contributed by atoms with Crippen LogP contribution in [-0.2, 0) is 4.79 Å². The van der Waals surface area contributed by atoms with Gasteiger partial charge in [0.2, 0.25) is 0 Å². The Bertz CT molecular complexity index is 215. The molecule has 0 radical (unpaired) electrons. The van der Waals surface area contributed by atoms with Gasteiger partial charge in [0, 0.05) is 4.91 Å². The van der Waals surface area contributed by atoms with E-state index in [1.807, 2.05) is 0 Å². The molecule has 0 aromatic heterocycles. The summed E-state index contributed by atoms with van der Waals surface area (Å²) in [5.74, 6) is -0.946. The quantitative estimate of drug-likeness (QED) is 0.397. The normalized spacial score (nSPS) is 20.0. The molecule has 0 spiro atoms. The predicted octanol–water partition coefficient (Wildman–Crippen LogP) is 1.94. The molecule has 1 rings (SSSR count). The highest BCUT2D eigenvalue weighted by atomic mass is 16.4. The lowest BCUT2D eigenvalue weighted by Gasteiger charge is -2.12. The summed E-state index contributed by atoms with van der Waals surface area (Å²) in [6.07, 6.45) is 3.84. The number of hydrogen-bond donors (Lipinski definition) is 1. The predicted molar refractivity (Wildman–Crippen MR) is 42.5 cm³/mol. The molecule has 0 saturated heterocycles. The van der Waals surface area contributed by atoms with Gasteiger partial charge in [0.25, 0.3) is 0 Å². The summed E-state index contributed by atoms with van der Waals surface area (Å²) >= 11 is 0. The maximum Gasteiger partial charge on any atom is 0.312 e. The lowest BCUT2D eigenvalue weighted by Crippen LogP contribution is -2.25. The van der Waals surface area contributed by atoms with Gasteiger partial charge < -0.3 is 5.11 Å². The third-order valence-electron chi connectivity index (χ3n) is 2.28. The second-order valence-corrected chi connectivity index (χ2v) is 3.03. The standard InChI is InChI=1S/C7H11N3O2/c8-10-9-6(7(11)12)5-3-1-2-4-5/h5-6H,1-4H2,(H,11,12)/t6-/m0/s1. The molecule has 1 N–H and O–H groups in total. The van der Waals surface area contributed by atoms with Gasteiger partial charge in [-0.1, -0.05) is 18.0 Å². The molecule has 0 aromatic rings. The zero-order chi connectivity index (χ0) is 8.97. The Balaban J connectivity index is 2.63. The first-order chi connectivity index (χ1) is 5.75. The Morgan fingerprint density at radius 1 is 1.58 bits per heavy atom. The topological polar surface area (TPSA) is 86.1 Å². The van der Waals surface area contributed by atoms with E-state index in [-0.39, 0.29) is 5.92 Å². The minimum Gasteiger partial charge on any atom is -0.481 e. The first-order valence-electron chi connectivity index (χ1n) is 4.02. The average molecular weight is 169 g/mol. The molecule has 0 unspecified atom stereocenters. The molecule has 5 nitrogen and oxygen atoms in total. The maximum atomic E-state index is 10.6. The molecule has 12 heavy (non-hydrogen) atoms. The van der Waals surface area contributed by atoms with E-state index in [0.717, 1.165) is 25.7 Å². The fourth-order valence-corrected chi connectivity index (χ4v) is 1.67. The van der Waals surface area contributed by atoms with Crippen LogP contribution in [0, 0.1) is 5.92 Å². The van der Waals surface area contributed by atoms with Crippen LogP contribution >= 0.6 is 0 Å². The molecule has 0 bridgehead atoms. The second kappa shape index (κ2) is 3.97. The van der Waals surface area contributed by atoms with E-state index >= 15 is 0 Å². The molecule has 1 atom stereocenters. The Kier molecular flexibility index (Phi) is 2.94. The van der Waals surface area contributed by atoms with E-state index in [1.165, 1.54) is 0 Å². The Hall–Kier alpha value is -1.22. The van der Waals surface area contributed by atoms with Gasteiger partial charge >= 0.3 is 5.97 Å². The van der Waals surface area contributed by atoms with Crippen molar-refractivity contribution in [1.29, 1.82) is 0 Å². The number of nitrogens with zero attached hydrogens (tertiary/aromatic N) is 3. The minimum atomic E-state index is -1.00. The minimum absolute atomic E-state index is 0.0541. The van der Waals surface area contributed by atoms with Gasteiger partial charge in [-0.3, -0.25) is 4.79 Å². The van der Waals surface area contributed by atoms with Crippen molar-refractivity contribution < 1.29 is 9.90 Å². The summed E-state index contributed by atoms with van der Waals surface area (Å²) in [6.45, 7) is 0. The molecule has 0 aromatic carbocycles. The summed E-state index contributed by atoms with van der Waals surface area (Å²) in [5, 5.41) is 12.0. The number of carbonyl (C=O) groups is 1. The van der Waals surface area contributed by atoms with Gasteiger partial charge in [0.05, 0.1) is 0 Å². The lowest BCUT2D eigenvalue weighted by molar-refractivity contribution is -0.139. The summed E-state index contributed by atoms with van der Waals surface area (Å²) in [6, 6.07) is -0.850. The zero-order valence-corrected chi connectivity index (χ0v) is 6.68. The molecule has 66 valence electrons. The summed E-state index contributed by atoms with van der Waals surface area (Å²) < 4.78 is 0. The molecular weight excluding hydrogens is 158 g/mol. The SMILES string of the molecule is [N-]=[N+]=N[C@H](C(=O)O)C1CCCC1. The fourth-order valence-electron chi connectivity index (χ4n) is 1.67. The first-order valence-corrected chi connectivity index (χ1v) is 4.02. The fraction of sp³-hybridized carbons (Fsp3) is 0.857. The van der Waals surface area contributed by atoms with E-state index in [4.69, 9.17) is 10.6 Å². The second-order valence-electron chi connectivity index (χ2n) is 3.03. The largest absolute Gasteiger partial charge is 0.481 e. The Morgan fingerprint density at radius 2 is 2.17 bits per heavy atom. The molecule has 0 aliphatic heterocycles. The Labute approximate surface area is 70.0 Å². The van der Waals surface area contributed by atoms with Crippen LogP contribution in [0.2, 0.25) is 0 Å². The number of hydrogen-bond acceptors (Lipinski definition) is 2. The Morgan fingerprint density at radius 3 is 2.58 bits per heavy atom. The zero-order valence-electron chi connectivity index (χ0n) is 6.68. The lowest BCUT2D eigenvalue weighted by atomic mass is 9.99. The highest BCUT2D eigenvalue weighted by Crippen LogP contribution is 2.29. The summed E-state index contributed by atoms with van der Waals surface area (Å²) in [5.41, 5.74) is 8.14. The van der Waals surface area contributed by atoms with Crippen LogP contribution < -0.4 is 0 Å². The van der Waals surface area contributed by atoms with Crippen molar-refractivity contribution in [2.24, 2.45) is 11.0 Å². The number of carboxylic acids is 1. The van der Waals surface area contributed by atoms with Gasteiger partial charge in [-0.2, -0.15) is 0 Å². The average Bonchev–Trinajstić information content (AvgIpc) is 2.51. The molecule has 1 aliphatic carbocycles. The molecular formula is C7H11N3O2. The number of azide groups is 1. The summed E-state index contributed by atoms with van der Waals surface area (Å²) in [7, 11) is 0. The summed E-state index contributed by atoms with van der Waals surface area (Å²) in [4.78, 5) is 13.2. The van der Waals surface area contributed by atoms with Crippen LogP contribution in [0.4, 0.5) is 0 Å². The van der Waals surface area contributed by atoms with Crippen LogP contribution in [0.5, 0.6) is 0 Å². The third-order valence-corrected chi connectivity index (χ3v) is 2.28. The molecule has 0 amide bonds. The van der Waals surface area contributed by atoms with E-state index in [2.05, 4.69) is 10.0 Å². The van der Waals surface area contributed by atoms with E-state index < -0.39 is 12.0 Å². The van der Waals surface area contributed by atoms with Gasteiger partial charge in [0.1, 0.15) is 6.04 Å². The molecule has 1 fully saturated rings. The van der Waals surface area contributed by atoms with Crippen molar-refractivity contribution in [1.82, 2.24) is 0 Å². The van der Waals surface area contributed by atoms with Crippen LogP contribution in [0.25, 0.3) is 10.4 Å². The third kappa shape index (κ3) is 1.89. The van der Waals surface area contributed by atoms with E-state index in [9.17, 15) is 4.79 Å². The number of carboxylic acid groups (broad SMARTS) is 1. The van der Waals surface area contributed by atoms with E-state index in [0.29, 0.717) is 0 Å². The number of rotatable bonds is 3. The van der Waals surface area contributed by atoms with Crippen molar-refractivity contribution >= 4 is 5.97 Å². The monoisotopic (exact) mass is 169 g/mol. The van der Waals surface area contributed by atoms with Gasteiger partial charge in [-0.15, -0.1) is 0 Å². The van der Waals surface area contributed by atoms with Gasteiger partial charge in [-0.05, 0) is 24.3 Å². The van der Waals surface area contributed by atoms with Crippen molar-refractivity contribution in [3.8, 4) is 0 Å².